The number of aliphatic hydroxyl groups excluding tert-OH is 1. The van der Waals surface area contributed by atoms with E-state index in [-0.39, 0.29) is 11.8 Å². The fraction of sp³-hybridized carbons (Fsp3) is 0.875. The maximum Gasteiger partial charge on any atom is 0.230 e. The Labute approximate surface area is 66.0 Å². The first-order valence-corrected chi connectivity index (χ1v) is 4.20. The molecule has 2 aliphatic rings. The second-order valence-electron chi connectivity index (χ2n) is 3.51. The van der Waals surface area contributed by atoms with E-state index in [9.17, 15) is 9.90 Å². The molecule has 2 unspecified atom stereocenters. The summed E-state index contributed by atoms with van der Waals surface area (Å²) in [6.07, 6.45) is 1.74. The summed E-state index contributed by atoms with van der Waals surface area (Å²) in [4.78, 5) is 13.1. The van der Waals surface area contributed by atoms with E-state index >= 15 is 0 Å². The van der Waals surface area contributed by atoms with Crippen LogP contribution in [0.5, 0.6) is 0 Å². The van der Waals surface area contributed by atoms with Gasteiger partial charge in [-0.15, -0.1) is 0 Å². The molecule has 62 valence electrons. The zero-order valence-corrected chi connectivity index (χ0v) is 6.66. The van der Waals surface area contributed by atoms with Crippen LogP contribution in [0.3, 0.4) is 0 Å². The Bertz CT molecular complexity index is 191. The molecule has 3 nitrogen and oxygen atoms in total. The Morgan fingerprint density at radius 2 is 2.45 bits per heavy atom. The predicted octanol–water partition coefficient (Wildman–Crippen LogP) is -0.0120. The molecule has 0 spiro atoms. The van der Waals surface area contributed by atoms with Crippen molar-refractivity contribution in [2.24, 2.45) is 5.92 Å². The van der Waals surface area contributed by atoms with Crippen LogP contribution in [0.25, 0.3) is 0 Å². The first kappa shape index (κ1) is 7.10. The van der Waals surface area contributed by atoms with Crippen LogP contribution < -0.4 is 0 Å². The second kappa shape index (κ2) is 2.21. The standard InChI is InChI=1S/C8H13NO2/c1-5(10)7-6-3-2-4-9(6)8(7)11/h5-7,10H,2-4H2,1H3/t5?,6-,7?/m1/s1. The van der Waals surface area contributed by atoms with Gasteiger partial charge in [-0.1, -0.05) is 0 Å². The summed E-state index contributed by atoms with van der Waals surface area (Å²) in [5.41, 5.74) is 0. The smallest absolute Gasteiger partial charge is 0.230 e. The van der Waals surface area contributed by atoms with Gasteiger partial charge in [-0.05, 0) is 19.8 Å². The van der Waals surface area contributed by atoms with Gasteiger partial charge >= 0.3 is 0 Å². The average Bonchev–Trinajstić information content (AvgIpc) is 2.30. The van der Waals surface area contributed by atoms with Crippen LogP contribution >= 0.6 is 0 Å². The molecule has 0 radical (unpaired) electrons. The highest BCUT2D eigenvalue weighted by molar-refractivity contribution is 5.87. The number of carbonyl (C=O) groups is 1. The van der Waals surface area contributed by atoms with Crippen LogP contribution in [0.4, 0.5) is 0 Å². The van der Waals surface area contributed by atoms with Gasteiger partial charge in [0.2, 0.25) is 5.91 Å². The summed E-state index contributed by atoms with van der Waals surface area (Å²) < 4.78 is 0. The predicted molar refractivity (Wildman–Crippen MR) is 39.9 cm³/mol. The molecule has 0 aromatic carbocycles. The lowest BCUT2D eigenvalue weighted by Gasteiger charge is -2.44. The van der Waals surface area contributed by atoms with E-state index < -0.39 is 6.10 Å². The molecule has 0 aliphatic carbocycles. The lowest BCUT2D eigenvalue weighted by molar-refractivity contribution is -0.159. The molecule has 0 aromatic heterocycles. The molecule has 2 fully saturated rings. The molecule has 0 bridgehead atoms. The molecule has 3 heteroatoms. The Morgan fingerprint density at radius 3 is 3.09 bits per heavy atom. The van der Waals surface area contributed by atoms with Gasteiger partial charge in [0, 0.05) is 12.6 Å². The van der Waals surface area contributed by atoms with Crippen molar-refractivity contribution in [1.29, 1.82) is 0 Å². The van der Waals surface area contributed by atoms with Crippen molar-refractivity contribution < 1.29 is 9.90 Å². The van der Waals surface area contributed by atoms with Crippen molar-refractivity contribution in [2.75, 3.05) is 6.54 Å². The van der Waals surface area contributed by atoms with Crippen LogP contribution in [0.1, 0.15) is 19.8 Å². The van der Waals surface area contributed by atoms with Crippen molar-refractivity contribution in [3.63, 3.8) is 0 Å². The summed E-state index contributed by atoms with van der Waals surface area (Å²) >= 11 is 0. The highest BCUT2D eigenvalue weighted by atomic mass is 16.3. The lowest BCUT2D eigenvalue weighted by Crippen LogP contribution is -2.60. The number of amides is 1. The van der Waals surface area contributed by atoms with Crippen molar-refractivity contribution in [2.45, 2.75) is 31.9 Å². The fourth-order valence-corrected chi connectivity index (χ4v) is 2.24. The van der Waals surface area contributed by atoms with Crippen molar-refractivity contribution in [1.82, 2.24) is 4.90 Å². The summed E-state index contributed by atoms with van der Waals surface area (Å²) in [6, 6.07) is 0.363. The number of fused-ring (bicyclic) bond motifs is 1. The molecule has 2 saturated heterocycles. The molecule has 1 amide bonds. The van der Waals surface area contributed by atoms with Gasteiger partial charge in [0.15, 0.2) is 0 Å². The summed E-state index contributed by atoms with van der Waals surface area (Å²) in [5, 5.41) is 9.24. The normalized spacial score (nSPS) is 38.4. The number of nitrogens with zero attached hydrogens (tertiary/aromatic N) is 1. The molecular weight excluding hydrogens is 142 g/mol. The zero-order valence-electron chi connectivity index (χ0n) is 6.66. The Morgan fingerprint density at radius 1 is 1.73 bits per heavy atom. The topological polar surface area (TPSA) is 40.5 Å². The summed E-state index contributed by atoms with van der Waals surface area (Å²) in [5.74, 6) is 0.0694. The summed E-state index contributed by atoms with van der Waals surface area (Å²) in [6.45, 7) is 2.62. The number of β-lactam (4-membered cyclic amide) rings is 1. The van der Waals surface area contributed by atoms with E-state index in [1.165, 1.54) is 0 Å². The Balaban J connectivity index is 2.09. The SMILES string of the molecule is CC(O)C1C(=O)N2CCC[C@H]12. The highest BCUT2D eigenvalue weighted by Crippen LogP contribution is 2.37. The molecule has 11 heavy (non-hydrogen) atoms. The van der Waals surface area contributed by atoms with Gasteiger partial charge in [0.25, 0.3) is 0 Å². The van der Waals surface area contributed by atoms with Crippen LogP contribution in [0, 0.1) is 5.92 Å². The van der Waals surface area contributed by atoms with Gasteiger partial charge in [0.05, 0.1) is 12.0 Å². The maximum atomic E-state index is 11.3. The van der Waals surface area contributed by atoms with E-state index in [1.807, 2.05) is 4.90 Å². The molecule has 2 aliphatic heterocycles. The fourth-order valence-electron chi connectivity index (χ4n) is 2.24. The molecule has 3 atom stereocenters. The van der Waals surface area contributed by atoms with Crippen molar-refractivity contribution in [3.8, 4) is 0 Å². The van der Waals surface area contributed by atoms with Crippen LogP contribution in [-0.4, -0.2) is 34.6 Å². The van der Waals surface area contributed by atoms with E-state index in [2.05, 4.69) is 0 Å². The van der Waals surface area contributed by atoms with Gasteiger partial charge in [-0.3, -0.25) is 4.79 Å². The van der Waals surface area contributed by atoms with Gasteiger partial charge < -0.3 is 10.0 Å². The quantitative estimate of drug-likeness (QED) is 0.541. The van der Waals surface area contributed by atoms with Crippen molar-refractivity contribution >= 4 is 5.91 Å². The third kappa shape index (κ3) is 0.805. The van der Waals surface area contributed by atoms with E-state index in [0.29, 0.717) is 6.04 Å². The average molecular weight is 155 g/mol. The van der Waals surface area contributed by atoms with Crippen LogP contribution in [0.15, 0.2) is 0 Å². The Hall–Kier alpha value is -0.570. The molecular formula is C8H13NO2. The number of hydrogen-bond acceptors (Lipinski definition) is 2. The molecule has 2 heterocycles. The van der Waals surface area contributed by atoms with Crippen molar-refractivity contribution in [3.05, 3.63) is 0 Å². The molecule has 1 N–H and O–H groups in total. The van der Waals surface area contributed by atoms with E-state index in [0.717, 1.165) is 19.4 Å². The Kier molecular flexibility index (Phi) is 1.42. The monoisotopic (exact) mass is 155 g/mol. The largest absolute Gasteiger partial charge is 0.393 e. The molecule has 2 rings (SSSR count). The minimum Gasteiger partial charge on any atom is -0.393 e. The number of hydrogen-bond donors (Lipinski definition) is 1. The van der Waals surface area contributed by atoms with E-state index in [1.54, 1.807) is 6.92 Å². The van der Waals surface area contributed by atoms with Gasteiger partial charge in [-0.2, -0.15) is 0 Å². The number of rotatable bonds is 1. The first-order valence-electron chi connectivity index (χ1n) is 4.20. The molecule has 0 saturated carbocycles. The summed E-state index contributed by atoms with van der Waals surface area (Å²) in [7, 11) is 0. The van der Waals surface area contributed by atoms with E-state index in [4.69, 9.17) is 0 Å². The third-order valence-electron chi connectivity index (χ3n) is 2.80. The number of carbonyl (C=O) groups excluding carboxylic acids is 1. The zero-order chi connectivity index (χ0) is 8.01. The lowest BCUT2D eigenvalue weighted by atomic mass is 9.84. The second-order valence-corrected chi connectivity index (χ2v) is 3.51. The molecule has 0 aromatic rings. The van der Waals surface area contributed by atoms with Gasteiger partial charge in [0.1, 0.15) is 0 Å². The van der Waals surface area contributed by atoms with Gasteiger partial charge in [-0.25, -0.2) is 0 Å². The van der Waals surface area contributed by atoms with Crippen LogP contribution in [0.2, 0.25) is 0 Å². The highest BCUT2D eigenvalue weighted by Gasteiger charge is 2.51. The van der Waals surface area contributed by atoms with Crippen LogP contribution in [-0.2, 0) is 4.79 Å². The first-order chi connectivity index (χ1) is 5.22. The third-order valence-corrected chi connectivity index (χ3v) is 2.80. The minimum absolute atomic E-state index is 0.0856. The number of aliphatic hydroxyl groups is 1. The maximum absolute atomic E-state index is 11.3. The minimum atomic E-state index is -0.457.